The Kier molecular flexibility index (Phi) is 4.35. The molecule has 0 amide bonds. The number of ether oxygens (including phenoxy) is 1. The molecule has 0 aliphatic carbocycles. The van der Waals surface area contributed by atoms with Crippen LogP contribution >= 0.6 is 15.9 Å². The molecule has 0 saturated carbocycles. The second-order valence-corrected chi connectivity index (χ2v) is 3.84. The van der Waals surface area contributed by atoms with Gasteiger partial charge in [0.15, 0.2) is 11.6 Å². The van der Waals surface area contributed by atoms with Crippen molar-refractivity contribution in [2.45, 2.75) is 12.8 Å². The van der Waals surface area contributed by atoms with Crippen molar-refractivity contribution in [2.75, 3.05) is 13.7 Å². The molecule has 0 aliphatic heterocycles. The van der Waals surface area contributed by atoms with Crippen molar-refractivity contribution in [3.8, 4) is 5.75 Å². The molecule has 1 aromatic carbocycles. The van der Waals surface area contributed by atoms with Crippen LogP contribution in [0.3, 0.4) is 0 Å². The van der Waals surface area contributed by atoms with Crippen LogP contribution < -0.4 is 10.5 Å². The third kappa shape index (κ3) is 2.69. The SMILES string of the molecule is COc1cc(CCCN)cc(Br)c1F. The van der Waals surface area contributed by atoms with Gasteiger partial charge >= 0.3 is 0 Å². The third-order valence-corrected chi connectivity index (χ3v) is 2.52. The summed E-state index contributed by atoms with van der Waals surface area (Å²) in [7, 11) is 1.46. The minimum absolute atomic E-state index is 0.270. The number of hydrogen-bond acceptors (Lipinski definition) is 2. The van der Waals surface area contributed by atoms with Gasteiger partial charge in [-0.2, -0.15) is 0 Å². The molecule has 2 N–H and O–H groups in total. The van der Waals surface area contributed by atoms with Crippen molar-refractivity contribution in [1.82, 2.24) is 0 Å². The highest BCUT2D eigenvalue weighted by atomic mass is 79.9. The van der Waals surface area contributed by atoms with Gasteiger partial charge in [0.05, 0.1) is 11.6 Å². The highest BCUT2D eigenvalue weighted by Crippen LogP contribution is 2.27. The Morgan fingerprint density at radius 3 is 2.79 bits per heavy atom. The first-order valence-electron chi connectivity index (χ1n) is 4.41. The molecule has 0 saturated heterocycles. The highest BCUT2D eigenvalue weighted by molar-refractivity contribution is 9.10. The van der Waals surface area contributed by atoms with Crippen LogP contribution in [0, 0.1) is 5.82 Å². The molecule has 4 heteroatoms. The number of rotatable bonds is 4. The average Bonchev–Trinajstić information content (AvgIpc) is 2.19. The van der Waals surface area contributed by atoms with Crippen LogP contribution in [0.15, 0.2) is 16.6 Å². The molecule has 78 valence electrons. The molecule has 14 heavy (non-hydrogen) atoms. The molecule has 0 heterocycles. The van der Waals surface area contributed by atoms with Crippen LogP contribution in [0.1, 0.15) is 12.0 Å². The van der Waals surface area contributed by atoms with E-state index in [0.717, 1.165) is 18.4 Å². The second-order valence-electron chi connectivity index (χ2n) is 2.99. The second kappa shape index (κ2) is 5.32. The summed E-state index contributed by atoms with van der Waals surface area (Å²) < 4.78 is 18.7. The molecule has 0 unspecified atom stereocenters. The summed E-state index contributed by atoms with van der Waals surface area (Å²) in [6.07, 6.45) is 1.73. The van der Waals surface area contributed by atoms with E-state index in [1.54, 1.807) is 12.1 Å². The molecule has 1 rings (SSSR count). The van der Waals surface area contributed by atoms with E-state index < -0.39 is 0 Å². The van der Waals surface area contributed by atoms with E-state index in [1.807, 2.05) is 0 Å². The Hall–Kier alpha value is -0.610. The first kappa shape index (κ1) is 11.5. The Bertz CT molecular complexity index is 317. The molecule has 1 aromatic rings. The zero-order valence-electron chi connectivity index (χ0n) is 8.02. The zero-order chi connectivity index (χ0) is 10.6. The molecular weight excluding hydrogens is 249 g/mol. The van der Waals surface area contributed by atoms with Gasteiger partial charge < -0.3 is 10.5 Å². The number of aryl methyl sites for hydroxylation is 1. The fourth-order valence-corrected chi connectivity index (χ4v) is 1.71. The van der Waals surface area contributed by atoms with Gasteiger partial charge in [-0.15, -0.1) is 0 Å². The molecule has 0 atom stereocenters. The quantitative estimate of drug-likeness (QED) is 0.904. The van der Waals surface area contributed by atoms with Crippen molar-refractivity contribution >= 4 is 15.9 Å². The topological polar surface area (TPSA) is 35.2 Å². The Labute approximate surface area is 91.4 Å². The van der Waals surface area contributed by atoms with Gasteiger partial charge in [-0.1, -0.05) is 0 Å². The Balaban J connectivity index is 2.91. The lowest BCUT2D eigenvalue weighted by Gasteiger charge is -2.07. The van der Waals surface area contributed by atoms with Crippen molar-refractivity contribution < 1.29 is 9.13 Å². The van der Waals surface area contributed by atoms with E-state index in [0.29, 0.717) is 11.0 Å². The lowest BCUT2D eigenvalue weighted by atomic mass is 10.1. The molecule has 0 spiro atoms. The number of halogens is 2. The van der Waals surface area contributed by atoms with Crippen LogP contribution in [0.4, 0.5) is 4.39 Å². The number of benzene rings is 1. The van der Waals surface area contributed by atoms with E-state index in [9.17, 15) is 4.39 Å². The van der Waals surface area contributed by atoms with Crippen LogP contribution in [-0.2, 0) is 6.42 Å². The predicted octanol–water partition coefficient (Wildman–Crippen LogP) is 2.49. The normalized spacial score (nSPS) is 10.3. The fourth-order valence-electron chi connectivity index (χ4n) is 1.22. The van der Waals surface area contributed by atoms with Crippen LogP contribution in [0.25, 0.3) is 0 Å². The lowest BCUT2D eigenvalue weighted by molar-refractivity contribution is 0.384. The zero-order valence-corrected chi connectivity index (χ0v) is 9.60. The van der Waals surface area contributed by atoms with Crippen molar-refractivity contribution in [3.63, 3.8) is 0 Å². The minimum atomic E-state index is -0.357. The van der Waals surface area contributed by atoms with Gasteiger partial charge in [0.1, 0.15) is 0 Å². The van der Waals surface area contributed by atoms with E-state index in [2.05, 4.69) is 15.9 Å². The molecule has 2 nitrogen and oxygen atoms in total. The summed E-state index contributed by atoms with van der Waals surface area (Å²) in [6.45, 7) is 0.636. The number of nitrogens with two attached hydrogens (primary N) is 1. The van der Waals surface area contributed by atoms with Gasteiger partial charge in [0, 0.05) is 0 Å². The van der Waals surface area contributed by atoms with E-state index >= 15 is 0 Å². The van der Waals surface area contributed by atoms with Gasteiger partial charge in [0.2, 0.25) is 0 Å². The number of methoxy groups -OCH3 is 1. The van der Waals surface area contributed by atoms with Crippen LogP contribution in [0.2, 0.25) is 0 Å². The van der Waals surface area contributed by atoms with Crippen molar-refractivity contribution in [2.24, 2.45) is 5.73 Å². The summed E-state index contributed by atoms with van der Waals surface area (Å²) in [5.74, 6) is -0.0876. The Morgan fingerprint density at radius 1 is 1.50 bits per heavy atom. The van der Waals surface area contributed by atoms with E-state index in [-0.39, 0.29) is 11.6 Å². The molecule has 0 aromatic heterocycles. The summed E-state index contributed by atoms with van der Waals surface area (Å²) in [6, 6.07) is 3.46. The largest absolute Gasteiger partial charge is 0.494 e. The summed E-state index contributed by atoms with van der Waals surface area (Å²) in [5, 5.41) is 0. The molecule has 0 bridgehead atoms. The maximum Gasteiger partial charge on any atom is 0.179 e. The van der Waals surface area contributed by atoms with E-state index in [4.69, 9.17) is 10.5 Å². The van der Waals surface area contributed by atoms with Gasteiger partial charge in [0.25, 0.3) is 0 Å². The first-order valence-corrected chi connectivity index (χ1v) is 5.20. The monoisotopic (exact) mass is 261 g/mol. The summed E-state index contributed by atoms with van der Waals surface area (Å²) in [5.41, 5.74) is 6.43. The molecule has 0 radical (unpaired) electrons. The van der Waals surface area contributed by atoms with Crippen LogP contribution in [-0.4, -0.2) is 13.7 Å². The lowest BCUT2D eigenvalue weighted by Crippen LogP contribution is -2.01. The van der Waals surface area contributed by atoms with Crippen LogP contribution in [0.5, 0.6) is 5.75 Å². The predicted molar refractivity (Wildman–Crippen MR) is 58.0 cm³/mol. The fraction of sp³-hybridized carbons (Fsp3) is 0.400. The van der Waals surface area contributed by atoms with Gasteiger partial charge in [-0.25, -0.2) is 4.39 Å². The van der Waals surface area contributed by atoms with Gasteiger partial charge in [-0.05, 0) is 53.0 Å². The summed E-state index contributed by atoms with van der Waals surface area (Å²) in [4.78, 5) is 0. The minimum Gasteiger partial charge on any atom is -0.494 e. The first-order chi connectivity index (χ1) is 6.69. The molecule has 0 fully saturated rings. The third-order valence-electron chi connectivity index (χ3n) is 1.94. The molecular formula is C10H13BrFNO. The van der Waals surface area contributed by atoms with Crippen molar-refractivity contribution in [1.29, 1.82) is 0 Å². The summed E-state index contributed by atoms with van der Waals surface area (Å²) >= 11 is 3.14. The average molecular weight is 262 g/mol. The van der Waals surface area contributed by atoms with Gasteiger partial charge in [-0.3, -0.25) is 0 Å². The smallest absolute Gasteiger partial charge is 0.179 e. The maximum atomic E-state index is 13.3. The Morgan fingerprint density at radius 2 is 2.21 bits per heavy atom. The van der Waals surface area contributed by atoms with Crippen molar-refractivity contribution in [3.05, 3.63) is 28.0 Å². The number of hydrogen-bond donors (Lipinski definition) is 1. The standard InChI is InChI=1S/C10H13BrFNO/c1-14-9-6-7(3-2-4-13)5-8(11)10(9)12/h5-6H,2-4,13H2,1H3. The maximum absolute atomic E-state index is 13.3. The highest BCUT2D eigenvalue weighted by Gasteiger charge is 2.08. The van der Waals surface area contributed by atoms with E-state index in [1.165, 1.54) is 7.11 Å². The molecule has 0 aliphatic rings.